The van der Waals surface area contributed by atoms with E-state index in [-0.39, 0.29) is 37.5 Å². The van der Waals surface area contributed by atoms with Gasteiger partial charge in [-0.1, -0.05) is 48.7 Å². The van der Waals surface area contributed by atoms with Crippen molar-refractivity contribution >= 4 is 51.1 Å². The molecular weight excluding hydrogens is 442 g/mol. The van der Waals surface area contributed by atoms with Crippen LogP contribution in [0, 0.1) is 11.3 Å². The number of benzene rings is 1. The number of thioether (sulfide) groups is 2. The molecule has 2 bridgehead atoms. The van der Waals surface area contributed by atoms with Gasteiger partial charge >= 0.3 is 0 Å². The largest absolute Gasteiger partial charge is 0.454 e. The number of rotatable bonds is 5. The number of hydrogen-bond acceptors (Lipinski definition) is 8. The first-order chi connectivity index (χ1) is 14.3. The van der Waals surface area contributed by atoms with E-state index in [1.165, 1.54) is 28.4 Å². The van der Waals surface area contributed by atoms with E-state index in [0.29, 0.717) is 21.4 Å². The summed E-state index contributed by atoms with van der Waals surface area (Å²) >= 11 is 8.00. The molecule has 4 heterocycles. The topological polar surface area (TPSA) is 82.9 Å². The molecule has 30 heavy (non-hydrogen) atoms. The van der Waals surface area contributed by atoms with E-state index in [0.717, 1.165) is 5.56 Å². The molecular formula is C20H21N3O4S3. The van der Waals surface area contributed by atoms with E-state index in [1.54, 1.807) is 18.9 Å². The highest BCUT2D eigenvalue weighted by Gasteiger charge is 2.65. The maximum Gasteiger partial charge on any atom is 0.261 e. The third-order valence-corrected chi connectivity index (χ3v) is 8.97. The molecule has 0 aromatic heterocycles. The third kappa shape index (κ3) is 2.98. The molecule has 3 saturated heterocycles. The second-order valence-electron chi connectivity index (χ2n) is 7.46. The van der Waals surface area contributed by atoms with Crippen molar-refractivity contribution in [1.82, 2.24) is 9.80 Å². The maximum absolute atomic E-state index is 13.9. The summed E-state index contributed by atoms with van der Waals surface area (Å²) in [5.41, 5.74) is 0.856. The third-order valence-electron chi connectivity index (χ3n) is 5.87. The summed E-state index contributed by atoms with van der Waals surface area (Å²) in [6.45, 7) is 3.88. The lowest BCUT2D eigenvalue weighted by Crippen LogP contribution is -2.72. The minimum Gasteiger partial charge on any atom is -0.454 e. The fourth-order valence-electron chi connectivity index (χ4n) is 4.20. The average molecular weight is 464 g/mol. The number of carbonyl (C=O) groups excluding carboxylic acids is 2. The molecule has 2 amide bonds. The molecule has 1 aromatic rings. The van der Waals surface area contributed by atoms with Gasteiger partial charge in [-0.2, -0.15) is 5.26 Å². The Morgan fingerprint density at radius 1 is 1.27 bits per heavy atom. The summed E-state index contributed by atoms with van der Waals surface area (Å²) in [6, 6.07) is 7.34. The Kier molecular flexibility index (Phi) is 5.41. The van der Waals surface area contributed by atoms with E-state index in [1.807, 2.05) is 25.1 Å². The van der Waals surface area contributed by atoms with Crippen molar-refractivity contribution < 1.29 is 19.1 Å². The maximum atomic E-state index is 13.9. The van der Waals surface area contributed by atoms with Gasteiger partial charge in [-0.25, -0.2) is 0 Å². The molecule has 0 N–H and O–H groups in total. The molecule has 3 fully saturated rings. The Hall–Kier alpha value is -1.96. The number of thiocarbonyl (C=S) groups is 1. The fourth-order valence-corrected chi connectivity index (χ4v) is 7.91. The first-order valence-corrected chi connectivity index (χ1v) is 11.6. The van der Waals surface area contributed by atoms with Crippen LogP contribution in [0.25, 0.3) is 0 Å². The van der Waals surface area contributed by atoms with Crippen LogP contribution in [0.15, 0.2) is 18.2 Å². The number of hydrogen-bond donors (Lipinski definition) is 0. The van der Waals surface area contributed by atoms with Gasteiger partial charge in [0, 0.05) is 19.9 Å². The summed E-state index contributed by atoms with van der Waals surface area (Å²) in [5, 5.41) is 9.27. The van der Waals surface area contributed by atoms with Crippen LogP contribution in [-0.4, -0.2) is 48.7 Å². The summed E-state index contributed by atoms with van der Waals surface area (Å²) in [4.78, 5) is 28.4. The lowest BCUT2D eigenvalue weighted by Gasteiger charge is -2.53. The molecule has 0 saturated carbocycles. The van der Waals surface area contributed by atoms with Gasteiger partial charge in [0.2, 0.25) is 6.79 Å². The van der Waals surface area contributed by atoms with Gasteiger partial charge in [0.05, 0.1) is 12.1 Å². The highest BCUT2D eigenvalue weighted by atomic mass is 32.2. The van der Waals surface area contributed by atoms with E-state index < -0.39 is 9.74 Å². The zero-order valence-corrected chi connectivity index (χ0v) is 19.3. The molecule has 1 unspecified atom stereocenters. The number of likely N-dealkylation sites (N-methyl/N-ethyl adjacent to an activating group) is 1. The number of piperazine rings is 1. The number of nitriles is 1. The van der Waals surface area contributed by atoms with Crippen molar-refractivity contribution in [3.05, 3.63) is 23.8 Å². The second kappa shape index (κ2) is 7.62. The van der Waals surface area contributed by atoms with Crippen LogP contribution in [0.2, 0.25) is 0 Å². The van der Waals surface area contributed by atoms with Crippen molar-refractivity contribution in [2.24, 2.45) is 0 Å². The van der Waals surface area contributed by atoms with Gasteiger partial charge in [0.1, 0.15) is 3.53 Å². The molecule has 7 nitrogen and oxygen atoms in total. The van der Waals surface area contributed by atoms with Crippen LogP contribution in [0.1, 0.15) is 44.7 Å². The van der Waals surface area contributed by atoms with Gasteiger partial charge in [0.15, 0.2) is 21.2 Å². The van der Waals surface area contributed by atoms with Crippen molar-refractivity contribution in [1.29, 1.82) is 5.26 Å². The quantitative estimate of drug-likeness (QED) is 0.612. The first kappa shape index (κ1) is 21.3. The predicted octanol–water partition coefficient (Wildman–Crippen LogP) is 3.65. The van der Waals surface area contributed by atoms with Gasteiger partial charge < -0.3 is 19.3 Å². The SMILES string of the molecule is CC[C@H](c1ccc2c(c1)OCO2)N1C(=O)[C@]2(C)SC(=S)SC1(CCC#N)C(=O)N2C. The summed E-state index contributed by atoms with van der Waals surface area (Å²) in [6.07, 6.45) is 0.934. The number of amides is 2. The standard InChI is InChI=1S/C20H21N3O4S3/c1-4-13(12-6-7-14-15(10-12)27-11-26-14)23-16(24)19(2)22(3)17(25)20(23,8-5-9-21)30-18(28)29-19/h6-7,10,13H,4-5,8,11H2,1-3H3/t13-,19+,20?/m1/s1. The summed E-state index contributed by atoms with van der Waals surface area (Å²) in [7, 11) is 1.64. The van der Waals surface area contributed by atoms with Crippen molar-refractivity contribution in [3.8, 4) is 17.6 Å². The lowest BCUT2D eigenvalue weighted by atomic mass is 9.93. The molecule has 4 aliphatic heterocycles. The average Bonchev–Trinajstić information content (AvgIpc) is 3.15. The second-order valence-corrected chi connectivity index (χ2v) is 11.3. The first-order valence-electron chi connectivity index (χ1n) is 9.59. The minimum absolute atomic E-state index is 0.137. The van der Waals surface area contributed by atoms with Crippen LogP contribution in [0.3, 0.4) is 0 Å². The lowest BCUT2D eigenvalue weighted by molar-refractivity contribution is -0.167. The molecule has 1 aromatic carbocycles. The smallest absolute Gasteiger partial charge is 0.261 e. The number of carbonyl (C=O) groups is 2. The number of ether oxygens (including phenoxy) is 2. The molecule has 3 atom stereocenters. The zero-order chi connectivity index (χ0) is 21.7. The van der Waals surface area contributed by atoms with Crippen LogP contribution in [0.4, 0.5) is 0 Å². The van der Waals surface area contributed by atoms with Gasteiger partial charge in [0.25, 0.3) is 11.8 Å². The highest BCUT2D eigenvalue weighted by molar-refractivity contribution is 8.48. The van der Waals surface area contributed by atoms with Gasteiger partial charge in [-0.05, 0) is 31.0 Å². The molecule has 4 aliphatic rings. The van der Waals surface area contributed by atoms with Crippen LogP contribution >= 0.6 is 35.7 Å². The minimum atomic E-state index is -1.25. The Labute approximate surface area is 189 Å². The Morgan fingerprint density at radius 2 is 2.00 bits per heavy atom. The zero-order valence-electron chi connectivity index (χ0n) is 16.8. The van der Waals surface area contributed by atoms with Gasteiger partial charge in [-0.3, -0.25) is 9.59 Å². The van der Waals surface area contributed by atoms with Crippen molar-refractivity contribution in [2.45, 2.75) is 48.9 Å². The van der Waals surface area contributed by atoms with E-state index in [4.69, 9.17) is 21.7 Å². The monoisotopic (exact) mass is 463 g/mol. The van der Waals surface area contributed by atoms with E-state index in [2.05, 4.69) is 6.07 Å². The highest BCUT2D eigenvalue weighted by Crippen LogP contribution is 2.56. The van der Waals surface area contributed by atoms with Gasteiger partial charge in [-0.15, -0.1) is 0 Å². The molecule has 0 radical (unpaired) electrons. The molecule has 0 aliphatic carbocycles. The van der Waals surface area contributed by atoms with E-state index >= 15 is 0 Å². The summed E-state index contributed by atoms with van der Waals surface area (Å²) in [5.74, 6) is 0.905. The number of fused-ring (bicyclic) bond motifs is 5. The summed E-state index contributed by atoms with van der Waals surface area (Å²) < 4.78 is 11.5. The predicted molar refractivity (Wildman–Crippen MR) is 119 cm³/mol. The van der Waals surface area contributed by atoms with Crippen LogP contribution < -0.4 is 9.47 Å². The fraction of sp³-hybridized carbons (Fsp3) is 0.500. The molecule has 158 valence electrons. The normalized spacial score (nSPS) is 28.5. The molecule has 10 heteroatoms. The molecule has 0 spiro atoms. The molecule has 5 rings (SSSR count). The van der Waals surface area contributed by atoms with Crippen molar-refractivity contribution in [2.75, 3.05) is 13.8 Å². The van der Waals surface area contributed by atoms with Crippen LogP contribution in [-0.2, 0) is 9.59 Å². The van der Waals surface area contributed by atoms with Crippen LogP contribution in [0.5, 0.6) is 11.5 Å². The Balaban J connectivity index is 1.88. The van der Waals surface area contributed by atoms with Crippen molar-refractivity contribution in [3.63, 3.8) is 0 Å². The van der Waals surface area contributed by atoms with E-state index in [9.17, 15) is 14.9 Å². The number of nitrogens with zero attached hydrogens (tertiary/aromatic N) is 3. The Morgan fingerprint density at radius 3 is 2.70 bits per heavy atom. The Bertz CT molecular complexity index is 981.